The molecule has 4 atom stereocenters. The molecule has 0 amide bonds. The van der Waals surface area contributed by atoms with Crippen LogP contribution in [-0.4, -0.2) is 40.1 Å². The highest BCUT2D eigenvalue weighted by molar-refractivity contribution is 6.01. The van der Waals surface area contributed by atoms with E-state index in [2.05, 4.69) is 0 Å². The van der Waals surface area contributed by atoms with E-state index in [9.17, 15) is 24.6 Å². The number of phenols is 1. The number of aliphatic hydroxyl groups excluding tert-OH is 1. The summed E-state index contributed by atoms with van der Waals surface area (Å²) in [5, 5.41) is 22.8. The molecule has 2 N–H and O–H groups in total. The smallest absolute Gasteiger partial charge is 0.306 e. The third-order valence-electron chi connectivity index (χ3n) is 7.37. The lowest BCUT2D eigenvalue weighted by atomic mass is 9.59. The molecule has 0 bridgehead atoms. The van der Waals surface area contributed by atoms with Gasteiger partial charge in [-0.1, -0.05) is 52.0 Å². The van der Waals surface area contributed by atoms with Gasteiger partial charge in [-0.15, -0.1) is 0 Å². The molecule has 4 rings (SSSR count). The fourth-order valence-corrected chi connectivity index (χ4v) is 5.76. The van der Waals surface area contributed by atoms with Gasteiger partial charge in [0.25, 0.3) is 0 Å². The second kappa shape index (κ2) is 8.55. The lowest BCUT2D eigenvalue weighted by molar-refractivity contribution is -0.187. The molecule has 0 aliphatic heterocycles. The topological polar surface area (TPSA) is 110 Å². The quantitative estimate of drug-likeness (QED) is 0.613. The van der Waals surface area contributed by atoms with Crippen molar-refractivity contribution >= 4 is 34.1 Å². The first-order valence-electron chi connectivity index (χ1n) is 11.7. The number of hydrogen-bond donors (Lipinski definition) is 2. The number of aliphatic hydroxyl groups is 1. The van der Waals surface area contributed by atoms with Crippen LogP contribution in [0, 0.1) is 11.3 Å². The van der Waals surface area contributed by atoms with Gasteiger partial charge in [0.2, 0.25) is 5.78 Å². The molecule has 7 heteroatoms. The van der Waals surface area contributed by atoms with Crippen molar-refractivity contribution in [3.8, 4) is 5.75 Å². The Morgan fingerprint density at radius 2 is 1.79 bits per heavy atom. The first kappa shape index (κ1) is 24.0. The molecule has 0 fully saturated rings. The van der Waals surface area contributed by atoms with Crippen LogP contribution in [0.4, 0.5) is 0 Å². The monoisotopic (exact) mass is 466 g/mol. The highest BCUT2D eigenvalue weighted by Gasteiger charge is 2.66. The fraction of sp³-hybridized carbons (Fsp3) is 0.444. The molecule has 34 heavy (non-hydrogen) atoms. The third-order valence-corrected chi connectivity index (χ3v) is 7.37. The van der Waals surface area contributed by atoms with Crippen molar-refractivity contribution in [2.75, 3.05) is 6.61 Å². The average molecular weight is 467 g/mol. The van der Waals surface area contributed by atoms with E-state index in [4.69, 9.17) is 9.47 Å². The van der Waals surface area contributed by atoms with Crippen molar-refractivity contribution in [2.45, 2.75) is 58.7 Å². The minimum atomic E-state index is -1.62. The van der Waals surface area contributed by atoms with E-state index in [1.807, 2.05) is 32.1 Å². The third kappa shape index (κ3) is 3.41. The zero-order valence-electron chi connectivity index (χ0n) is 19.9. The van der Waals surface area contributed by atoms with Crippen LogP contribution >= 0.6 is 0 Å². The number of Topliss-reactive ketones (excluding diaryl/α,β-unsaturated/α-hetero) is 1. The van der Waals surface area contributed by atoms with Crippen LogP contribution in [-0.2, 0) is 23.9 Å². The zero-order valence-corrected chi connectivity index (χ0v) is 19.9. The highest BCUT2D eigenvalue weighted by atomic mass is 16.6. The largest absolute Gasteiger partial charge is 0.508 e. The summed E-state index contributed by atoms with van der Waals surface area (Å²) in [6, 6.07) is 8.72. The summed E-state index contributed by atoms with van der Waals surface area (Å²) in [5.74, 6) is -1.93. The minimum Gasteiger partial charge on any atom is -0.508 e. The van der Waals surface area contributed by atoms with Gasteiger partial charge < -0.3 is 19.7 Å². The molecule has 7 nitrogen and oxygen atoms in total. The Kier molecular flexibility index (Phi) is 6.02. The van der Waals surface area contributed by atoms with E-state index < -0.39 is 47.4 Å². The van der Waals surface area contributed by atoms with Gasteiger partial charge in [-0.3, -0.25) is 14.4 Å². The maximum atomic E-state index is 13.7. The predicted octanol–water partition coefficient (Wildman–Crippen LogP) is 4.24. The molecule has 2 aromatic carbocycles. The Morgan fingerprint density at radius 1 is 1.09 bits per heavy atom. The first-order valence-corrected chi connectivity index (χ1v) is 11.7. The van der Waals surface area contributed by atoms with E-state index in [-0.39, 0.29) is 25.0 Å². The number of benzene rings is 2. The van der Waals surface area contributed by atoms with Gasteiger partial charge in [-0.25, -0.2) is 0 Å². The Morgan fingerprint density at radius 3 is 2.47 bits per heavy atom. The first-order chi connectivity index (χ1) is 16.1. The van der Waals surface area contributed by atoms with Crippen LogP contribution in [0.25, 0.3) is 16.3 Å². The number of aromatic hydroxyl groups is 1. The minimum absolute atomic E-state index is 0.0786. The summed E-state index contributed by atoms with van der Waals surface area (Å²) in [6.07, 6.45) is 1.33. The molecule has 0 spiro atoms. The van der Waals surface area contributed by atoms with Crippen LogP contribution in [0.1, 0.15) is 64.2 Å². The number of carbonyl (C=O) groups excluding carboxylic acids is 3. The molecule has 2 aromatic rings. The van der Waals surface area contributed by atoms with Crippen molar-refractivity contribution in [3.05, 3.63) is 47.5 Å². The molecule has 0 heterocycles. The van der Waals surface area contributed by atoms with Gasteiger partial charge in [0.1, 0.15) is 5.75 Å². The van der Waals surface area contributed by atoms with E-state index in [1.54, 1.807) is 32.0 Å². The molecule has 2 aliphatic rings. The van der Waals surface area contributed by atoms with E-state index in [1.165, 1.54) is 0 Å². The lowest BCUT2D eigenvalue weighted by Gasteiger charge is -2.49. The maximum absolute atomic E-state index is 13.7. The summed E-state index contributed by atoms with van der Waals surface area (Å²) >= 11 is 0. The maximum Gasteiger partial charge on any atom is 0.306 e. The van der Waals surface area contributed by atoms with Gasteiger partial charge in [0, 0.05) is 24.2 Å². The van der Waals surface area contributed by atoms with Gasteiger partial charge in [-0.2, -0.15) is 0 Å². The predicted molar refractivity (Wildman–Crippen MR) is 126 cm³/mol. The van der Waals surface area contributed by atoms with Crippen molar-refractivity contribution < 1.29 is 34.1 Å². The summed E-state index contributed by atoms with van der Waals surface area (Å²) in [7, 11) is 0. The molecule has 0 radical (unpaired) electrons. The molecule has 2 aliphatic carbocycles. The van der Waals surface area contributed by atoms with Gasteiger partial charge >= 0.3 is 11.9 Å². The Bertz CT molecular complexity index is 1210. The molecule has 0 aromatic heterocycles. The number of fused-ring (bicyclic) bond motifs is 5. The van der Waals surface area contributed by atoms with Gasteiger partial charge in [0.05, 0.1) is 6.10 Å². The number of hydrogen-bond acceptors (Lipinski definition) is 7. The summed E-state index contributed by atoms with van der Waals surface area (Å²) in [4.78, 5) is 38.0. The van der Waals surface area contributed by atoms with Crippen molar-refractivity contribution in [1.29, 1.82) is 0 Å². The second-order valence-electron chi connectivity index (χ2n) is 9.35. The van der Waals surface area contributed by atoms with Gasteiger partial charge in [0.15, 0.2) is 12.2 Å². The fourth-order valence-electron chi connectivity index (χ4n) is 5.76. The van der Waals surface area contributed by atoms with Crippen molar-refractivity contribution in [1.82, 2.24) is 0 Å². The number of carbonyl (C=O) groups is 3. The molecule has 0 saturated heterocycles. The normalized spacial score (nSPS) is 27.5. The van der Waals surface area contributed by atoms with E-state index >= 15 is 0 Å². The molecule has 0 saturated carbocycles. The Balaban J connectivity index is 1.87. The van der Waals surface area contributed by atoms with E-state index in [0.717, 1.165) is 27.5 Å². The SMILES string of the molecule is CCC(=O)OCC(=O)[C@]1(OC(=O)CC)[C@H](C)C=C2c3ccc4cc(O)ccc4c3[C@@H](O)C[C@@]21C. The van der Waals surface area contributed by atoms with Crippen LogP contribution in [0.15, 0.2) is 36.4 Å². The molecule has 180 valence electrons. The molecular weight excluding hydrogens is 436 g/mol. The van der Waals surface area contributed by atoms with E-state index in [0.29, 0.717) is 0 Å². The van der Waals surface area contributed by atoms with Crippen LogP contribution in [0.3, 0.4) is 0 Å². The number of esters is 2. The number of ketones is 1. The summed E-state index contributed by atoms with van der Waals surface area (Å²) in [6.45, 7) is 6.42. The number of phenolic OH excluding ortho intramolecular Hbond substituents is 1. The molecule has 0 unspecified atom stereocenters. The summed E-state index contributed by atoms with van der Waals surface area (Å²) < 4.78 is 11.1. The summed E-state index contributed by atoms with van der Waals surface area (Å²) in [5.41, 5.74) is -0.347. The number of ether oxygens (including phenoxy) is 2. The standard InChI is InChI=1S/C27H30O7/c1-5-23(31)33-14-22(30)27(34-24(32)6-2)15(3)11-20-19-9-7-16-12-17(28)8-10-18(16)25(19)21(29)13-26(20,27)4/h7-12,15,21,28-29H,5-6,13-14H2,1-4H3/t15-,21+,26+,27-/m1/s1. The second-order valence-corrected chi connectivity index (χ2v) is 9.35. The lowest BCUT2D eigenvalue weighted by Crippen LogP contribution is -2.59. The van der Waals surface area contributed by atoms with Crippen LogP contribution < -0.4 is 0 Å². The van der Waals surface area contributed by atoms with Gasteiger partial charge in [-0.05, 0) is 46.0 Å². The number of rotatable bonds is 6. The molecular formula is C27H30O7. The Hall–Kier alpha value is -3.19. The van der Waals surface area contributed by atoms with Crippen LogP contribution in [0.2, 0.25) is 0 Å². The average Bonchev–Trinajstić information content (AvgIpc) is 3.03. The Labute approximate surface area is 198 Å². The highest BCUT2D eigenvalue weighted by Crippen LogP contribution is 2.63. The van der Waals surface area contributed by atoms with Crippen molar-refractivity contribution in [2.24, 2.45) is 11.3 Å². The van der Waals surface area contributed by atoms with Crippen molar-refractivity contribution in [3.63, 3.8) is 0 Å². The zero-order chi connectivity index (χ0) is 24.8. The van der Waals surface area contributed by atoms with Crippen LogP contribution in [0.5, 0.6) is 5.75 Å².